The van der Waals surface area contributed by atoms with E-state index in [9.17, 15) is 0 Å². The topological polar surface area (TPSA) is 40.7 Å². The third kappa shape index (κ3) is 4.98. The fraction of sp³-hybridized carbons (Fsp3) is 0.750. The third-order valence-electron chi connectivity index (χ3n) is 2.82. The van der Waals surface area contributed by atoms with Crippen molar-refractivity contribution in [2.45, 2.75) is 46.1 Å². The summed E-state index contributed by atoms with van der Waals surface area (Å²) in [7, 11) is 0. The number of rotatable bonds is 8. The van der Waals surface area contributed by atoms with Crippen LogP contribution in [0.5, 0.6) is 0 Å². The highest BCUT2D eigenvalue weighted by atomic mass is 15.0. The number of hydrogen-bond acceptors (Lipinski definition) is 2. The summed E-state index contributed by atoms with van der Waals surface area (Å²) in [4.78, 5) is 7.28. The van der Waals surface area contributed by atoms with Gasteiger partial charge in [-0.15, -0.1) is 0 Å². The largest absolute Gasteiger partial charge is 0.348 e. The molecule has 86 valence electrons. The molecule has 1 heterocycles. The molecule has 3 nitrogen and oxygen atoms in total. The molecule has 0 fully saturated rings. The number of nitrogens with one attached hydrogen (secondary N) is 2. The van der Waals surface area contributed by atoms with Crippen molar-refractivity contribution in [3.05, 3.63) is 18.2 Å². The van der Waals surface area contributed by atoms with Crippen LogP contribution < -0.4 is 5.32 Å². The molecule has 0 saturated heterocycles. The van der Waals surface area contributed by atoms with E-state index in [-0.39, 0.29) is 0 Å². The highest BCUT2D eigenvalue weighted by Gasteiger charge is 2.05. The average Bonchev–Trinajstić information content (AvgIpc) is 2.76. The Morgan fingerprint density at radius 1 is 1.47 bits per heavy atom. The van der Waals surface area contributed by atoms with Gasteiger partial charge < -0.3 is 10.3 Å². The molecule has 1 atom stereocenters. The van der Waals surface area contributed by atoms with E-state index in [0.717, 1.165) is 24.8 Å². The quantitative estimate of drug-likeness (QED) is 0.691. The molecule has 0 aliphatic heterocycles. The Kier molecular flexibility index (Phi) is 6.09. The predicted octanol–water partition coefficient (Wildman–Crippen LogP) is 2.72. The fourth-order valence-corrected chi connectivity index (χ4v) is 1.73. The van der Waals surface area contributed by atoms with Crippen molar-refractivity contribution in [2.24, 2.45) is 5.92 Å². The van der Waals surface area contributed by atoms with Gasteiger partial charge in [0.15, 0.2) is 0 Å². The number of hydrogen-bond donors (Lipinski definition) is 2. The SMILES string of the molecule is CCCC[C@@H](CC)CNCc1ncc[nH]1. The van der Waals surface area contributed by atoms with Crippen LogP contribution in [0, 0.1) is 5.92 Å². The van der Waals surface area contributed by atoms with Crippen LogP contribution in [0.1, 0.15) is 45.4 Å². The van der Waals surface area contributed by atoms with Crippen molar-refractivity contribution in [3.8, 4) is 0 Å². The second kappa shape index (κ2) is 7.46. The van der Waals surface area contributed by atoms with Crippen molar-refractivity contribution in [1.29, 1.82) is 0 Å². The standard InChI is InChI=1S/C12H23N3/c1-3-5-6-11(4-2)9-13-10-12-14-7-8-15-12/h7-8,11,13H,3-6,9-10H2,1-2H3,(H,14,15)/t11-/m1/s1. The maximum atomic E-state index is 4.18. The molecule has 2 N–H and O–H groups in total. The van der Waals surface area contributed by atoms with E-state index < -0.39 is 0 Å². The summed E-state index contributed by atoms with van der Waals surface area (Å²) in [5.74, 6) is 1.85. The smallest absolute Gasteiger partial charge is 0.120 e. The molecule has 1 rings (SSSR count). The lowest BCUT2D eigenvalue weighted by Gasteiger charge is -2.14. The lowest BCUT2D eigenvalue weighted by atomic mass is 9.99. The van der Waals surface area contributed by atoms with Gasteiger partial charge >= 0.3 is 0 Å². The first-order chi connectivity index (χ1) is 7.36. The normalized spacial score (nSPS) is 12.9. The number of unbranched alkanes of at least 4 members (excludes halogenated alkanes) is 1. The van der Waals surface area contributed by atoms with Gasteiger partial charge in [0.2, 0.25) is 0 Å². The zero-order chi connectivity index (χ0) is 10.9. The van der Waals surface area contributed by atoms with Crippen LogP contribution in [0.3, 0.4) is 0 Å². The summed E-state index contributed by atoms with van der Waals surface area (Å²) in [6.45, 7) is 6.49. The van der Waals surface area contributed by atoms with Crippen LogP contribution in [0.2, 0.25) is 0 Å². The van der Waals surface area contributed by atoms with E-state index in [0.29, 0.717) is 0 Å². The summed E-state index contributed by atoms with van der Waals surface area (Å²) in [6.07, 6.45) is 8.93. The van der Waals surface area contributed by atoms with E-state index in [2.05, 4.69) is 29.1 Å². The van der Waals surface area contributed by atoms with Crippen molar-refractivity contribution in [3.63, 3.8) is 0 Å². The van der Waals surface area contributed by atoms with Crippen LogP contribution in [-0.2, 0) is 6.54 Å². The Hall–Kier alpha value is -0.830. The number of nitrogens with zero attached hydrogens (tertiary/aromatic N) is 1. The molecule has 0 aliphatic rings. The van der Waals surface area contributed by atoms with Gasteiger partial charge in [0.25, 0.3) is 0 Å². The molecule has 0 radical (unpaired) electrons. The van der Waals surface area contributed by atoms with Gasteiger partial charge in [-0.05, 0) is 18.9 Å². The van der Waals surface area contributed by atoms with Crippen molar-refractivity contribution >= 4 is 0 Å². The maximum Gasteiger partial charge on any atom is 0.120 e. The Morgan fingerprint density at radius 3 is 2.93 bits per heavy atom. The molecule has 0 aromatic carbocycles. The van der Waals surface area contributed by atoms with E-state index in [1.54, 1.807) is 6.20 Å². The molecular weight excluding hydrogens is 186 g/mol. The second-order valence-corrected chi connectivity index (χ2v) is 4.08. The minimum absolute atomic E-state index is 0.819. The first kappa shape index (κ1) is 12.2. The molecule has 0 unspecified atom stereocenters. The van der Waals surface area contributed by atoms with Gasteiger partial charge in [0.1, 0.15) is 5.82 Å². The zero-order valence-corrected chi connectivity index (χ0v) is 9.92. The van der Waals surface area contributed by atoms with E-state index in [4.69, 9.17) is 0 Å². The third-order valence-corrected chi connectivity index (χ3v) is 2.82. The molecule has 0 aliphatic carbocycles. The Balaban J connectivity index is 2.11. The number of aromatic nitrogens is 2. The summed E-state index contributed by atoms with van der Waals surface area (Å²) < 4.78 is 0. The van der Waals surface area contributed by atoms with Gasteiger partial charge in [-0.2, -0.15) is 0 Å². The van der Waals surface area contributed by atoms with Crippen molar-refractivity contribution in [1.82, 2.24) is 15.3 Å². The van der Waals surface area contributed by atoms with E-state index in [1.165, 1.54) is 25.7 Å². The molecule has 1 aromatic heterocycles. The summed E-state index contributed by atoms with van der Waals surface area (Å²) in [5.41, 5.74) is 0. The van der Waals surface area contributed by atoms with Crippen LogP contribution in [0.25, 0.3) is 0 Å². The number of imidazole rings is 1. The van der Waals surface area contributed by atoms with Gasteiger partial charge in [0.05, 0.1) is 6.54 Å². The van der Waals surface area contributed by atoms with Crippen molar-refractivity contribution in [2.75, 3.05) is 6.54 Å². The molecule has 3 heteroatoms. The van der Waals surface area contributed by atoms with Crippen LogP contribution in [0.15, 0.2) is 12.4 Å². The molecule has 0 amide bonds. The minimum atomic E-state index is 0.819. The Morgan fingerprint density at radius 2 is 2.33 bits per heavy atom. The number of H-pyrrole nitrogens is 1. The molecule has 15 heavy (non-hydrogen) atoms. The Bertz CT molecular complexity index is 231. The average molecular weight is 209 g/mol. The van der Waals surface area contributed by atoms with Crippen LogP contribution in [0.4, 0.5) is 0 Å². The molecular formula is C12H23N3. The van der Waals surface area contributed by atoms with Crippen molar-refractivity contribution < 1.29 is 0 Å². The molecule has 0 saturated carbocycles. The highest BCUT2D eigenvalue weighted by molar-refractivity contribution is 4.85. The summed E-state index contributed by atoms with van der Waals surface area (Å²) in [6, 6.07) is 0. The summed E-state index contributed by atoms with van der Waals surface area (Å²) in [5, 5.41) is 3.45. The predicted molar refractivity (Wildman–Crippen MR) is 63.6 cm³/mol. The first-order valence-electron chi connectivity index (χ1n) is 6.05. The first-order valence-corrected chi connectivity index (χ1v) is 6.05. The van der Waals surface area contributed by atoms with Crippen LogP contribution in [-0.4, -0.2) is 16.5 Å². The maximum absolute atomic E-state index is 4.18. The van der Waals surface area contributed by atoms with Gasteiger partial charge in [-0.3, -0.25) is 0 Å². The molecule has 0 bridgehead atoms. The lowest BCUT2D eigenvalue weighted by molar-refractivity contribution is 0.417. The van der Waals surface area contributed by atoms with E-state index >= 15 is 0 Å². The fourth-order valence-electron chi connectivity index (χ4n) is 1.73. The molecule has 0 spiro atoms. The second-order valence-electron chi connectivity index (χ2n) is 4.08. The Labute approximate surface area is 92.7 Å². The van der Waals surface area contributed by atoms with Crippen LogP contribution >= 0.6 is 0 Å². The summed E-state index contributed by atoms with van der Waals surface area (Å²) >= 11 is 0. The van der Waals surface area contributed by atoms with E-state index in [1.807, 2.05) is 6.20 Å². The number of aromatic amines is 1. The minimum Gasteiger partial charge on any atom is -0.348 e. The highest BCUT2D eigenvalue weighted by Crippen LogP contribution is 2.11. The monoisotopic (exact) mass is 209 g/mol. The zero-order valence-electron chi connectivity index (χ0n) is 9.92. The molecule has 1 aromatic rings. The van der Waals surface area contributed by atoms with Gasteiger partial charge in [-0.1, -0.05) is 33.1 Å². The lowest BCUT2D eigenvalue weighted by Crippen LogP contribution is -2.22. The van der Waals surface area contributed by atoms with Gasteiger partial charge in [-0.25, -0.2) is 4.98 Å². The van der Waals surface area contributed by atoms with Gasteiger partial charge in [0, 0.05) is 12.4 Å².